The first-order valence-electron chi connectivity index (χ1n) is 8.61. The molecule has 0 fully saturated rings. The lowest BCUT2D eigenvalue weighted by atomic mass is 9.99. The molecule has 1 aliphatic heterocycles. The molecule has 1 aromatic heterocycles. The molecule has 0 spiro atoms. The van der Waals surface area contributed by atoms with Gasteiger partial charge in [0.2, 0.25) is 0 Å². The number of thioether (sulfide) groups is 1. The van der Waals surface area contributed by atoms with E-state index in [2.05, 4.69) is 53.2 Å². The molecule has 2 heterocycles. The van der Waals surface area contributed by atoms with Crippen molar-refractivity contribution in [3.63, 3.8) is 0 Å². The lowest BCUT2D eigenvalue weighted by molar-refractivity contribution is 0.182. The second-order valence-electron chi connectivity index (χ2n) is 6.32. The van der Waals surface area contributed by atoms with E-state index in [1.807, 2.05) is 11.8 Å². The van der Waals surface area contributed by atoms with Crippen molar-refractivity contribution in [3.05, 3.63) is 52.3 Å². The normalized spacial score (nSPS) is 17.5. The van der Waals surface area contributed by atoms with E-state index in [1.54, 1.807) is 7.11 Å². The Kier molecular flexibility index (Phi) is 5.98. The van der Waals surface area contributed by atoms with Crippen molar-refractivity contribution in [2.24, 2.45) is 0 Å². The monoisotopic (exact) mass is 345 g/mol. The van der Waals surface area contributed by atoms with Crippen molar-refractivity contribution in [2.75, 3.05) is 25.2 Å². The topological polar surface area (TPSA) is 39.1 Å². The molecule has 0 saturated heterocycles. The third-order valence-electron chi connectivity index (χ3n) is 4.79. The summed E-state index contributed by atoms with van der Waals surface area (Å²) in [4.78, 5) is 0. The second-order valence-corrected chi connectivity index (χ2v) is 7.47. The number of nitrogens with one attached hydrogen (secondary N) is 1. The number of nitrogens with zero attached hydrogens (tertiary/aromatic N) is 2. The van der Waals surface area contributed by atoms with Crippen LogP contribution in [0.4, 0.5) is 0 Å². The number of fused-ring (bicyclic) bond motifs is 1. The van der Waals surface area contributed by atoms with E-state index in [0.29, 0.717) is 12.6 Å². The van der Waals surface area contributed by atoms with Gasteiger partial charge in [-0.15, -0.1) is 0 Å². The molecule has 4 nitrogen and oxygen atoms in total. The van der Waals surface area contributed by atoms with Gasteiger partial charge in [-0.2, -0.15) is 16.9 Å². The van der Waals surface area contributed by atoms with E-state index < -0.39 is 0 Å². The van der Waals surface area contributed by atoms with Crippen LogP contribution in [-0.4, -0.2) is 35.0 Å². The molecule has 0 unspecified atom stereocenters. The van der Waals surface area contributed by atoms with Crippen LogP contribution in [0, 0.1) is 13.8 Å². The van der Waals surface area contributed by atoms with Crippen molar-refractivity contribution in [1.82, 2.24) is 15.1 Å². The fraction of sp³-hybridized carbons (Fsp3) is 0.526. The fourth-order valence-corrected chi connectivity index (χ4v) is 4.42. The van der Waals surface area contributed by atoms with Crippen LogP contribution in [0.1, 0.15) is 34.1 Å². The predicted molar refractivity (Wildman–Crippen MR) is 101 cm³/mol. The van der Waals surface area contributed by atoms with Gasteiger partial charge in [0.1, 0.15) is 0 Å². The van der Waals surface area contributed by atoms with Crippen LogP contribution in [0.3, 0.4) is 0 Å². The maximum atomic E-state index is 5.18. The standard InChI is InChI=1S/C19H27N3OS/c1-14-18(15(2)22(21-14)9-10-23-3)12-20-19-13-24-11-8-16-6-4-5-7-17(16)19/h4-7,19-20H,8-13H2,1-3H3/t19-/m0/s1. The first-order chi connectivity index (χ1) is 11.7. The van der Waals surface area contributed by atoms with Gasteiger partial charge in [0.25, 0.3) is 0 Å². The van der Waals surface area contributed by atoms with Gasteiger partial charge in [-0.1, -0.05) is 24.3 Å². The Bertz CT molecular complexity index is 683. The maximum Gasteiger partial charge on any atom is 0.0658 e. The summed E-state index contributed by atoms with van der Waals surface area (Å²) < 4.78 is 7.24. The van der Waals surface area contributed by atoms with Gasteiger partial charge in [0.05, 0.1) is 18.8 Å². The van der Waals surface area contributed by atoms with Crippen LogP contribution >= 0.6 is 11.8 Å². The van der Waals surface area contributed by atoms with E-state index in [-0.39, 0.29) is 0 Å². The lowest BCUT2D eigenvalue weighted by Crippen LogP contribution is -2.23. The van der Waals surface area contributed by atoms with E-state index in [4.69, 9.17) is 4.74 Å². The molecule has 1 aromatic carbocycles. The van der Waals surface area contributed by atoms with Crippen molar-refractivity contribution in [2.45, 2.75) is 39.4 Å². The van der Waals surface area contributed by atoms with E-state index in [1.165, 1.54) is 34.6 Å². The molecular weight excluding hydrogens is 318 g/mol. The zero-order chi connectivity index (χ0) is 16.9. The molecule has 1 aliphatic rings. The molecule has 0 amide bonds. The molecular formula is C19H27N3OS. The molecule has 2 aromatic rings. The highest BCUT2D eigenvalue weighted by atomic mass is 32.2. The Morgan fingerprint density at radius 1 is 1.33 bits per heavy atom. The molecule has 0 aliphatic carbocycles. The summed E-state index contributed by atoms with van der Waals surface area (Å²) in [5.41, 5.74) is 6.63. The second kappa shape index (κ2) is 8.19. The molecule has 3 rings (SSSR count). The third kappa shape index (κ3) is 3.85. The highest BCUT2D eigenvalue weighted by Crippen LogP contribution is 2.28. The van der Waals surface area contributed by atoms with Gasteiger partial charge in [0, 0.05) is 36.7 Å². The van der Waals surface area contributed by atoms with E-state index in [0.717, 1.165) is 24.5 Å². The van der Waals surface area contributed by atoms with Gasteiger partial charge in [0.15, 0.2) is 0 Å². The maximum absolute atomic E-state index is 5.18. The van der Waals surface area contributed by atoms with Gasteiger partial charge >= 0.3 is 0 Å². The molecule has 0 saturated carbocycles. The lowest BCUT2D eigenvalue weighted by Gasteiger charge is -2.19. The Morgan fingerprint density at radius 3 is 3.00 bits per heavy atom. The average Bonchev–Trinajstić information content (AvgIpc) is 2.76. The van der Waals surface area contributed by atoms with Crippen molar-refractivity contribution in [1.29, 1.82) is 0 Å². The van der Waals surface area contributed by atoms with Crippen LogP contribution < -0.4 is 5.32 Å². The fourth-order valence-electron chi connectivity index (χ4n) is 3.35. The van der Waals surface area contributed by atoms with Crippen LogP contribution in [0.15, 0.2) is 24.3 Å². The minimum absolute atomic E-state index is 0.412. The number of hydrogen-bond donors (Lipinski definition) is 1. The van der Waals surface area contributed by atoms with E-state index >= 15 is 0 Å². The Balaban J connectivity index is 1.73. The number of methoxy groups -OCH3 is 1. The first-order valence-corrected chi connectivity index (χ1v) is 9.77. The summed E-state index contributed by atoms with van der Waals surface area (Å²) in [6.45, 7) is 6.63. The Morgan fingerprint density at radius 2 is 2.17 bits per heavy atom. The smallest absolute Gasteiger partial charge is 0.0658 e. The van der Waals surface area contributed by atoms with Crippen molar-refractivity contribution >= 4 is 11.8 Å². The number of benzene rings is 1. The highest BCUT2D eigenvalue weighted by Gasteiger charge is 2.19. The minimum atomic E-state index is 0.412. The predicted octanol–water partition coefficient (Wildman–Crippen LogP) is 3.27. The quantitative estimate of drug-likeness (QED) is 0.872. The van der Waals surface area contributed by atoms with Crippen LogP contribution in [-0.2, 0) is 24.2 Å². The molecule has 24 heavy (non-hydrogen) atoms. The van der Waals surface area contributed by atoms with Crippen LogP contribution in [0.5, 0.6) is 0 Å². The number of aryl methyl sites for hydroxylation is 2. The SMILES string of the molecule is COCCn1nc(C)c(CN[C@H]2CSCCc3ccccc32)c1C. The molecule has 1 N–H and O–H groups in total. The summed E-state index contributed by atoms with van der Waals surface area (Å²) in [5.74, 6) is 2.34. The first kappa shape index (κ1) is 17.5. The zero-order valence-corrected chi connectivity index (χ0v) is 15.7. The van der Waals surface area contributed by atoms with Gasteiger partial charge in [-0.05, 0) is 37.1 Å². The minimum Gasteiger partial charge on any atom is -0.383 e. The highest BCUT2D eigenvalue weighted by molar-refractivity contribution is 7.99. The van der Waals surface area contributed by atoms with Crippen molar-refractivity contribution in [3.8, 4) is 0 Å². The number of hydrogen-bond acceptors (Lipinski definition) is 4. The molecule has 1 atom stereocenters. The zero-order valence-electron chi connectivity index (χ0n) is 14.8. The summed E-state index contributed by atoms with van der Waals surface area (Å²) >= 11 is 2.04. The Hall–Kier alpha value is -1.30. The number of aromatic nitrogens is 2. The molecule has 0 radical (unpaired) electrons. The molecule has 130 valence electrons. The molecule has 5 heteroatoms. The summed E-state index contributed by atoms with van der Waals surface area (Å²) in [5, 5.41) is 8.45. The van der Waals surface area contributed by atoms with Gasteiger partial charge in [-0.3, -0.25) is 4.68 Å². The van der Waals surface area contributed by atoms with Crippen LogP contribution in [0.25, 0.3) is 0 Å². The van der Waals surface area contributed by atoms with E-state index in [9.17, 15) is 0 Å². The third-order valence-corrected chi connectivity index (χ3v) is 5.86. The molecule has 0 bridgehead atoms. The summed E-state index contributed by atoms with van der Waals surface area (Å²) in [7, 11) is 1.73. The largest absolute Gasteiger partial charge is 0.383 e. The average molecular weight is 346 g/mol. The van der Waals surface area contributed by atoms with Gasteiger partial charge < -0.3 is 10.1 Å². The van der Waals surface area contributed by atoms with Gasteiger partial charge in [-0.25, -0.2) is 0 Å². The summed E-state index contributed by atoms with van der Waals surface area (Å²) in [6.07, 6.45) is 1.17. The summed E-state index contributed by atoms with van der Waals surface area (Å²) in [6, 6.07) is 9.27. The Labute approximate surface area is 149 Å². The number of rotatable bonds is 6. The number of ether oxygens (including phenoxy) is 1. The van der Waals surface area contributed by atoms with Crippen LogP contribution in [0.2, 0.25) is 0 Å². The van der Waals surface area contributed by atoms with Crippen molar-refractivity contribution < 1.29 is 4.74 Å².